The lowest BCUT2D eigenvalue weighted by Gasteiger charge is -2.05. The molecule has 1 rings (SSSR count). The van der Waals surface area contributed by atoms with Gasteiger partial charge in [-0.3, -0.25) is 9.59 Å². The third kappa shape index (κ3) is 4.45. The van der Waals surface area contributed by atoms with Gasteiger partial charge in [0.25, 0.3) is 0 Å². The Bertz CT molecular complexity index is 426. The maximum Gasteiger partial charge on any atom is 0.306 e. The molecule has 3 nitrogen and oxygen atoms in total. The molecule has 0 bridgehead atoms. The van der Waals surface area contributed by atoms with E-state index in [-0.39, 0.29) is 42.2 Å². The monoisotopic (exact) mass is 272 g/mol. The first-order valence-corrected chi connectivity index (χ1v) is 6.02. The van der Waals surface area contributed by atoms with Gasteiger partial charge in [0.15, 0.2) is 0 Å². The number of rotatable bonds is 6. The molecule has 0 amide bonds. The molecule has 1 aromatic carbocycles. The van der Waals surface area contributed by atoms with Crippen molar-refractivity contribution < 1.29 is 18.7 Å². The summed E-state index contributed by atoms with van der Waals surface area (Å²) in [7, 11) is 0. The summed E-state index contributed by atoms with van der Waals surface area (Å²) in [5.74, 6) is -1.17. The third-order valence-corrected chi connectivity index (χ3v) is 2.70. The Morgan fingerprint density at radius 1 is 1.33 bits per heavy atom. The van der Waals surface area contributed by atoms with Crippen LogP contribution in [0.4, 0.5) is 4.39 Å². The number of ketones is 1. The van der Waals surface area contributed by atoms with Crippen molar-refractivity contribution in [2.45, 2.75) is 26.2 Å². The second-order valence-electron chi connectivity index (χ2n) is 3.72. The predicted molar refractivity (Wildman–Crippen MR) is 66.0 cm³/mol. The standard InChI is InChI=1S/C13H14ClFO3/c1-2-18-13(17)7-6-9(16)8-10-11(14)4-3-5-12(10)15/h3-5H,2,6-8H2,1H3. The van der Waals surface area contributed by atoms with Gasteiger partial charge in [-0.25, -0.2) is 4.39 Å². The fourth-order valence-corrected chi connectivity index (χ4v) is 1.69. The molecule has 5 heteroatoms. The van der Waals surface area contributed by atoms with Crippen molar-refractivity contribution in [1.29, 1.82) is 0 Å². The Kier molecular flexibility index (Phi) is 5.78. The van der Waals surface area contributed by atoms with E-state index in [4.69, 9.17) is 16.3 Å². The van der Waals surface area contributed by atoms with Gasteiger partial charge in [0.05, 0.1) is 13.0 Å². The van der Waals surface area contributed by atoms with Crippen molar-refractivity contribution in [2.75, 3.05) is 6.61 Å². The molecule has 0 heterocycles. The Labute approximate surface area is 110 Å². The Balaban J connectivity index is 2.52. The van der Waals surface area contributed by atoms with Gasteiger partial charge in [0.1, 0.15) is 11.6 Å². The minimum absolute atomic E-state index is 0.0126. The van der Waals surface area contributed by atoms with Crippen molar-refractivity contribution in [2.24, 2.45) is 0 Å². The molecular weight excluding hydrogens is 259 g/mol. The van der Waals surface area contributed by atoms with Crippen molar-refractivity contribution >= 4 is 23.4 Å². The van der Waals surface area contributed by atoms with Crippen LogP contribution in [0.2, 0.25) is 5.02 Å². The summed E-state index contributed by atoms with van der Waals surface area (Å²) in [6.45, 7) is 1.98. The number of Topliss-reactive ketones (excluding diaryl/α,β-unsaturated/α-hetero) is 1. The largest absolute Gasteiger partial charge is 0.466 e. The highest BCUT2D eigenvalue weighted by atomic mass is 35.5. The zero-order chi connectivity index (χ0) is 13.5. The number of carbonyl (C=O) groups is 2. The van der Waals surface area contributed by atoms with Gasteiger partial charge in [-0.1, -0.05) is 17.7 Å². The summed E-state index contributed by atoms with van der Waals surface area (Å²) in [4.78, 5) is 22.7. The smallest absolute Gasteiger partial charge is 0.306 e. The predicted octanol–water partition coefficient (Wildman–Crippen LogP) is 2.93. The molecule has 0 N–H and O–H groups in total. The normalized spacial score (nSPS) is 10.2. The van der Waals surface area contributed by atoms with Crippen LogP contribution in [0.25, 0.3) is 0 Å². The van der Waals surface area contributed by atoms with Crippen molar-refractivity contribution in [3.05, 3.63) is 34.6 Å². The average molecular weight is 273 g/mol. The van der Waals surface area contributed by atoms with Gasteiger partial charge in [-0.2, -0.15) is 0 Å². The Morgan fingerprint density at radius 2 is 2.06 bits per heavy atom. The summed E-state index contributed by atoms with van der Waals surface area (Å²) >= 11 is 5.80. The number of halogens is 2. The third-order valence-electron chi connectivity index (χ3n) is 2.35. The minimum atomic E-state index is -0.507. The molecule has 0 saturated heterocycles. The van der Waals surface area contributed by atoms with Crippen LogP contribution >= 0.6 is 11.6 Å². The van der Waals surface area contributed by atoms with E-state index in [0.717, 1.165) is 0 Å². The van der Waals surface area contributed by atoms with Gasteiger partial charge in [0, 0.05) is 23.4 Å². The second-order valence-corrected chi connectivity index (χ2v) is 4.13. The topological polar surface area (TPSA) is 43.4 Å². The SMILES string of the molecule is CCOC(=O)CCC(=O)Cc1c(F)cccc1Cl. The fraction of sp³-hybridized carbons (Fsp3) is 0.385. The fourth-order valence-electron chi connectivity index (χ4n) is 1.46. The molecule has 0 unspecified atom stereocenters. The van der Waals surface area contributed by atoms with Crippen molar-refractivity contribution in [3.8, 4) is 0 Å². The van der Waals surface area contributed by atoms with Crippen LogP contribution in [0, 0.1) is 5.82 Å². The van der Waals surface area contributed by atoms with E-state index in [1.165, 1.54) is 18.2 Å². The van der Waals surface area contributed by atoms with Gasteiger partial charge in [-0.15, -0.1) is 0 Å². The van der Waals surface area contributed by atoms with E-state index in [0.29, 0.717) is 0 Å². The molecule has 0 aromatic heterocycles. The van der Waals surface area contributed by atoms with Crippen LogP contribution < -0.4 is 0 Å². The summed E-state index contributed by atoms with van der Waals surface area (Å²) < 4.78 is 18.1. The molecule has 0 aliphatic heterocycles. The van der Waals surface area contributed by atoms with E-state index < -0.39 is 11.8 Å². The maximum absolute atomic E-state index is 13.4. The maximum atomic E-state index is 13.4. The van der Waals surface area contributed by atoms with Crippen LogP contribution in [0.5, 0.6) is 0 Å². The second kappa shape index (κ2) is 7.11. The molecule has 98 valence electrons. The molecule has 0 aliphatic rings. The molecule has 0 atom stereocenters. The highest BCUT2D eigenvalue weighted by Gasteiger charge is 2.13. The van der Waals surface area contributed by atoms with Gasteiger partial charge < -0.3 is 4.74 Å². The Hall–Kier alpha value is -1.42. The first kappa shape index (κ1) is 14.6. The first-order chi connectivity index (χ1) is 8.54. The average Bonchev–Trinajstić information content (AvgIpc) is 2.32. The molecule has 18 heavy (non-hydrogen) atoms. The number of hydrogen-bond donors (Lipinski definition) is 0. The van der Waals surface area contributed by atoms with Crippen molar-refractivity contribution in [1.82, 2.24) is 0 Å². The van der Waals surface area contributed by atoms with Gasteiger partial charge in [-0.05, 0) is 19.1 Å². The lowest BCUT2D eigenvalue weighted by Crippen LogP contribution is -2.10. The van der Waals surface area contributed by atoms with E-state index in [1.807, 2.05) is 0 Å². The first-order valence-electron chi connectivity index (χ1n) is 5.64. The number of ether oxygens (including phenoxy) is 1. The molecule has 0 spiro atoms. The van der Waals surface area contributed by atoms with Gasteiger partial charge >= 0.3 is 5.97 Å². The van der Waals surface area contributed by atoms with E-state index in [1.54, 1.807) is 6.92 Å². The highest BCUT2D eigenvalue weighted by Crippen LogP contribution is 2.20. The molecule has 1 aromatic rings. The van der Waals surface area contributed by atoms with Crippen LogP contribution in [0.15, 0.2) is 18.2 Å². The quantitative estimate of drug-likeness (QED) is 0.748. The lowest BCUT2D eigenvalue weighted by atomic mass is 10.1. The van der Waals surface area contributed by atoms with E-state index >= 15 is 0 Å². The van der Waals surface area contributed by atoms with E-state index in [2.05, 4.69) is 0 Å². The summed E-state index contributed by atoms with van der Waals surface area (Å²) in [5, 5.41) is 0.222. The summed E-state index contributed by atoms with van der Waals surface area (Å²) in [6, 6.07) is 4.25. The molecule has 0 saturated carbocycles. The van der Waals surface area contributed by atoms with Crippen LogP contribution in [0.3, 0.4) is 0 Å². The highest BCUT2D eigenvalue weighted by molar-refractivity contribution is 6.31. The number of carbonyl (C=O) groups excluding carboxylic acids is 2. The van der Waals surface area contributed by atoms with Crippen LogP contribution in [-0.2, 0) is 20.7 Å². The zero-order valence-electron chi connectivity index (χ0n) is 10.0. The van der Waals surface area contributed by atoms with Gasteiger partial charge in [0.2, 0.25) is 0 Å². The minimum Gasteiger partial charge on any atom is -0.466 e. The molecule has 0 fully saturated rings. The lowest BCUT2D eigenvalue weighted by molar-refractivity contribution is -0.144. The molecule has 0 radical (unpaired) electrons. The van der Waals surface area contributed by atoms with Crippen LogP contribution in [0.1, 0.15) is 25.3 Å². The summed E-state index contributed by atoms with van der Waals surface area (Å²) in [6.07, 6.45) is -0.0623. The zero-order valence-corrected chi connectivity index (χ0v) is 10.8. The van der Waals surface area contributed by atoms with Crippen molar-refractivity contribution in [3.63, 3.8) is 0 Å². The van der Waals surface area contributed by atoms with Crippen LogP contribution in [-0.4, -0.2) is 18.4 Å². The molecular formula is C13H14ClFO3. The number of benzene rings is 1. The summed E-state index contributed by atoms with van der Waals surface area (Å²) in [5.41, 5.74) is 0.174. The molecule has 0 aliphatic carbocycles. The number of esters is 1. The Morgan fingerprint density at radius 3 is 2.67 bits per heavy atom. The van der Waals surface area contributed by atoms with E-state index in [9.17, 15) is 14.0 Å². The number of hydrogen-bond acceptors (Lipinski definition) is 3.